The van der Waals surface area contributed by atoms with Gasteiger partial charge in [-0.2, -0.15) is 0 Å². The van der Waals surface area contributed by atoms with Crippen LogP contribution in [0.3, 0.4) is 0 Å². The van der Waals surface area contributed by atoms with Crippen molar-refractivity contribution in [2.24, 2.45) is 5.73 Å². The van der Waals surface area contributed by atoms with E-state index in [0.29, 0.717) is 13.0 Å². The fraction of sp³-hybridized carbons (Fsp3) is 0.429. The van der Waals surface area contributed by atoms with E-state index < -0.39 is 12.0 Å². The first-order valence-corrected chi connectivity index (χ1v) is 6.36. The minimum absolute atomic E-state index is 0.133. The fourth-order valence-electron chi connectivity index (χ4n) is 1.60. The monoisotopic (exact) mass is 264 g/mol. The zero-order valence-electron chi connectivity index (χ0n) is 11.1. The lowest BCUT2D eigenvalue weighted by molar-refractivity contribution is -0.143. The van der Waals surface area contributed by atoms with Crippen LogP contribution < -0.4 is 11.1 Å². The number of aryl methyl sites for hydroxylation is 1. The van der Waals surface area contributed by atoms with Crippen molar-refractivity contribution >= 4 is 11.9 Å². The van der Waals surface area contributed by atoms with Crippen LogP contribution in [0.15, 0.2) is 30.3 Å². The molecule has 1 aromatic rings. The second kappa shape index (κ2) is 8.26. The van der Waals surface area contributed by atoms with Crippen LogP contribution in [0.2, 0.25) is 0 Å². The lowest BCUT2D eigenvalue weighted by Crippen LogP contribution is -2.43. The van der Waals surface area contributed by atoms with Gasteiger partial charge in [0.15, 0.2) is 0 Å². The summed E-state index contributed by atoms with van der Waals surface area (Å²) in [7, 11) is 0. The van der Waals surface area contributed by atoms with E-state index >= 15 is 0 Å². The molecule has 0 aliphatic carbocycles. The highest BCUT2D eigenvalue weighted by Gasteiger charge is 2.14. The van der Waals surface area contributed by atoms with Crippen molar-refractivity contribution in [1.82, 2.24) is 5.32 Å². The third kappa shape index (κ3) is 6.01. The quantitative estimate of drug-likeness (QED) is 0.708. The zero-order valence-corrected chi connectivity index (χ0v) is 11.1. The van der Waals surface area contributed by atoms with Crippen LogP contribution in [0.4, 0.5) is 0 Å². The normalized spacial score (nSPS) is 11.7. The molecule has 1 rings (SSSR count). The molecule has 5 heteroatoms. The number of carbonyl (C=O) groups excluding carboxylic acids is 2. The molecule has 5 nitrogen and oxygen atoms in total. The molecule has 19 heavy (non-hydrogen) atoms. The Labute approximate surface area is 113 Å². The van der Waals surface area contributed by atoms with E-state index in [4.69, 9.17) is 10.5 Å². The number of ether oxygens (including phenoxy) is 1. The highest BCUT2D eigenvalue weighted by molar-refractivity contribution is 5.85. The van der Waals surface area contributed by atoms with E-state index in [-0.39, 0.29) is 12.5 Å². The highest BCUT2D eigenvalue weighted by atomic mass is 16.5. The Balaban J connectivity index is 2.27. The van der Waals surface area contributed by atoms with Crippen molar-refractivity contribution in [3.8, 4) is 0 Å². The van der Waals surface area contributed by atoms with Crippen molar-refractivity contribution < 1.29 is 14.3 Å². The Morgan fingerprint density at radius 2 is 2.00 bits per heavy atom. The minimum Gasteiger partial charge on any atom is -0.465 e. The SMILES string of the molecule is CCOC(=O)CNC(=O)C(N)CCc1ccccc1. The molecule has 0 aromatic heterocycles. The lowest BCUT2D eigenvalue weighted by Gasteiger charge is -2.11. The molecule has 1 atom stereocenters. The maximum Gasteiger partial charge on any atom is 0.325 e. The molecular weight excluding hydrogens is 244 g/mol. The van der Waals surface area contributed by atoms with E-state index in [1.807, 2.05) is 30.3 Å². The second-order valence-corrected chi connectivity index (χ2v) is 4.15. The molecule has 1 amide bonds. The van der Waals surface area contributed by atoms with Gasteiger partial charge in [-0.05, 0) is 25.3 Å². The maximum atomic E-state index is 11.6. The van der Waals surface area contributed by atoms with Crippen molar-refractivity contribution in [2.75, 3.05) is 13.2 Å². The number of carbonyl (C=O) groups is 2. The van der Waals surface area contributed by atoms with Crippen LogP contribution in [-0.4, -0.2) is 31.1 Å². The molecule has 0 saturated carbocycles. The standard InChI is InChI=1S/C14H20N2O3/c1-2-19-13(17)10-16-14(18)12(15)9-8-11-6-4-3-5-7-11/h3-7,12H,2,8-10,15H2,1H3,(H,16,18). The summed E-state index contributed by atoms with van der Waals surface area (Å²) in [5.41, 5.74) is 6.90. The van der Waals surface area contributed by atoms with Gasteiger partial charge in [0.05, 0.1) is 12.6 Å². The first-order valence-electron chi connectivity index (χ1n) is 6.36. The van der Waals surface area contributed by atoms with Crippen LogP contribution in [0.1, 0.15) is 18.9 Å². The van der Waals surface area contributed by atoms with Crippen LogP contribution in [-0.2, 0) is 20.7 Å². The summed E-state index contributed by atoms with van der Waals surface area (Å²) in [6, 6.07) is 9.19. The van der Waals surface area contributed by atoms with Gasteiger partial charge in [-0.25, -0.2) is 0 Å². The third-order valence-electron chi connectivity index (χ3n) is 2.64. The van der Waals surface area contributed by atoms with Crippen LogP contribution in [0.25, 0.3) is 0 Å². The molecule has 0 spiro atoms. The summed E-state index contributed by atoms with van der Waals surface area (Å²) >= 11 is 0. The lowest BCUT2D eigenvalue weighted by atomic mass is 10.1. The van der Waals surface area contributed by atoms with Crippen molar-refractivity contribution in [3.05, 3.63) is 35.9 Å². The van der Waals surface area contributed by atoms with E-state index in [2.05, 4.69) is 5.32 Å². The molecule has 1 aromatic carbocycles. The Hall–Kier alpha value is -1.88. The number of amides is 1. The Bertz CT molecular complexity index is 406. The summed E-state index contributed by atoms with van der Waals surface area (Å²) in [6.07, 6.45) is 1.27. The van der Waals surface area contributed by atoms with E-state index in [0.717, 1.165) is 12.0 Å². The molecular formula is C14H20N2O3. The first kappa shape index (κ1) is 15.2. The molecule has 0 bridgehead atoms. The number of nitrogens with one attached hydrogen (secondary N) is 1. The Kier molecular flexibility index (Phi) is 6.60. The van der Waals surface area contributed by atoms with Gasteiger partial charge in [0, 0.05) is 0 Å². The van der Waals surface area contributed by atoms with Gasteiger partial charge in [-0.3, -0.25) is 9.59 Å². The smallest absolute Gasteiger partial charge is 0.325 e. The van der Waals surface area contributed by atoms with Gasteiger partial charge < -0.3 is 15.8 Å². The van der Waals surface area contributed by atoms with Gasteiger partial charge in [-0.1, -0.05) is 30.3 Å². The molecule has 0 aliphatic heterocycles. The third-order valence-corrected chi connectivity index (χ3v) is 2.64. The summed E-state index contributed by atoms with van der Waals surface area (Å²) in [4.78, 5) is 22.7. The largest absolute Gasteiger partial charge is 0.465 e. The van der Waals surface area contributed by atoms with Crippen LogP contribution in [0, 0.1) is 0 Å². The number of hydrogen-bond acceptors (Lipinski definition) is 4. The summed E-state index contributed by atoms with van der Waals surface area (Å²) in [6.45, 7) is 1.88. The summed E-state index contributed by atoms with van der Waals surface area (Å²) < 4.78 is 4.71. The number of nitrogens with two attached hydrogens (primary N) is 1. The van der Waals surface area contributed by atoms with E-state index in [9.17, 15) is 9.59 Å². The summed E-state index contributed by atoms with van der Waals surface area (Å²) in [5.74, 6) is -0.782. The predicted molar refractivity (Wildman–Crippen MR) is 72.4 cm³/mol. The minimum atomic E-state index is -0.616. The van der Waals surface area contributed by atoms with Crippen LogP contribution in [0.5, 0.6) is 0 Å². The van der Waals surface area contributed by atoms with Crippen LogP contribution >= 0.6 is 0 Å². The van der Waals surface area contributed by atoms with Gasteiger partial charge in [0.1, 0.15) is 6.54 Å². The molecule has 0 heterocycles. The Morgan fingerprint density at radius 1 is 1.32 bits per heavy atom. The Morgan fingerprint density at radius 3 is 2.63 bits per heavy atom. The molecule has 1 unspecified atom stereocenters. The molecule has 0 saturated heterocycles. The number of rotatable bonds is 7. The van der Waals surface area contributed by atoms with Gasteiger partial charge in [-0.15, -0.1) is 0 Å². The molecule has 104 valence electrons. The number of benzene rings is 1. The molecule has 3 N–H and O–H groups in total. The average molecular weight is 264 g/mol. The van der Waals surface area contributed by atoms with Gasteiger partial charge in [0.25, 0.3) is 0 Å². The predicted octanol–water partition coefficient (Wildman–Crippen LogP) is 0.626. The first-order chi connectivity index (χ1) is 9.13. The van der Waals surface area contributed by atoms with Gasteiger partial charge in [0.2, 0.25) is 5.91 Å². The van der Waals surface area contributed by atoms with Crippen molar-refractivity contribution in [3.63, 3.8) is 0 Å². The highest BCUT2D eigenvalue weighted by Crippen LogP contribution is 2.03. The average Bonchev–Trinajstić information content (AvgIpc) is 2.43. The molecule has 0 aliphatic rings. The van der Waals surface area contributed by atoms with Gasteiger partial charge >= 0.3 is 5.97 Å². The van der Waals surface area contributed by atoms with Crippen molar-refractivity contribution in [2.45, 2.75) is 25.8 Å². The number of hydrogen-bond donors (Lipinski definition) is 2. The van der Waals surface area contributed by atoms with E-state index in [1.54, 1.807) is 6.92 Å². The fourth-order valence-corrected chi connectivity index (χ4v) is 1.60. The molecule has 0 radical (unpaired) electrons. The maximum absolute atomic E-state index is 11.6. The number of esters is 1. The molecule has 0 fully saturated rings. The summed E-state index contributed by atoms with van der Waals surface area (Å²) in [5, 5.41) is 2.46. The van der Waals surface area contributed by atoms with Crippen molar-refractivity contribution in [1.29, 1.82) is 0 Å². The topological polar surface area (TPSA) is 81.4 Å². The zero-order chi connectivity index (χ0) is 14.1. The second-order valence-electron chi connectivity index (χ2n) is 4.15. The van der Waals surface area contributed by atoms with E-state index in [1.165, 1.54) is 0 Å².